The molecule has 1 aromatic rings. The van der Waals surface area contributed by atoms with Gasteiger partial charge in [0.2, 0.25) is 5.96 Å². The summed E-state index contributed by atoms with van der Waals surface area (Å²) in [5.74, 6) is -0.112. The number of rotatable bonds is 1. The zero-order valence-corrected chi connectivity index (χ0v) is 8.07. The van der Waals surface area contributed by atoms with Crippen molar-refractivity contribution in [2.24, 2.45) is 16.0 Å². The van der Waals surface area contributed by atoms with E-state index in [2.05, 4.69) is 10.2 Å². The standard InChI is InChI=1S/C9H12N4O/c1-5-4-8(14)6(2)3-7(5)12-13-9(10)11/h3-4,14H,1-2H3,(H3,10,11). The van der Waals surface area contributed by atoms with Gasteiger partial charge >= 0.3 is 0 Å². The van der Waals surface area contributed by atoms with E-state index in [1.54, 1.807) is 26.0 Å². The second-order valence-corrected chi connectivity index (χ2v) is 3.01. The molecule has 0 saturated heterocycles. The molecule has 0 fully saturated rings. The van der Waals surface area contributed by atoms with Crippen molar-refractivity contribution in [1.29, 1.82) is 5.41 Å². The van der Waals surface area contributed by atoms with Crippen LogP contribution in [0.25, 0.3) is 0 Å². The van der Waals surface area contributed by atoms with Gasteiger partial charge in [0.15, 0.2) is 0 Å². The normalized spacial score (nSPS) is 10.7. The number of nitrogens with zero attached hydrogens (tertiary/aromatic N) is 2. The molecule has 0 aromatic heterocycles. The number of phenols is 1. The molecule has 0 radical (unpaired) electrons. The monoisotopic (exact) mass is 192 g/mol. The Morgan fingerprint density at radius 3 is 2.57 bits per heavy atom. The van der Waals surface area contributed by atoms with Crippen molar-refractivity contribution in [2.45, 2.75) is 13.8 Å². The smallest absolute Gasteiger partial charge is 0.232 e. The van der Waals surface area contributed by atoms with Crippen LogP contribution in [-0.2, 0) is 0 Å². The SMILES string of the molecule is Cc1cc(N=NC(=N)N)c(C)cc1O. The van der Waals surface area contributed by atoms with Crippen LogP contribution < -0.4 is 5.73 Å². The van der Waals surface area contributed by atoms with Crippen molar-refractivity contribution in [3.63, 3.8) is 0 Å². The molecule has 0 spiro atoms. The molecule has 0 aliphatic heterocycles. The number of aryl methyl sites for hydroxylation is 2. The Bertz CT molecular complexity index is 398. The molecule has 0 atom stereocenters. The predicted molar refractivity (Wildman–Crippen MR) is 54.0 cm³/mol. The van der Waals surface area contributed by atoms with Crippen LogP contribution in [0.15, 0.2) is 22.4 Å². The maximum atomic E-state index is 9.36. The van der Waals surface area contributed by atoms with Gasteiger partial charge in [-0.2, -0.15) is 0 Å². The molecular weight excluding hydrogens is 180 g/mol. The molecule has 74 valence electrons. The molecule has 5 heteroatoms. The summed E-state index contributed by atoms with van der Waals surface area (Å²) >= 11 is 0. The van der Waals surface area contributed by atoms with E-state index < -0.39 is 0 Å². The molecule has 0 amide bonds. The highest BCUT2D eigenvalue weighted by atomic mass is 16.3. The maximum Gasteiger partial charge on any atom is 0.232 e. The fraction of sp³-hybridized carbons (Fsp3) is 0.222. The number of benzene rings is 1. The fourth-order valence-electron chi connectivity index (χ4n) is 1.00. The lowest BCUT2D eigenvalue weighted by atomic mass is 10.1. The van der Waals surface area contributed by atoms with Gasteiger partial charge in [-0.3, -0.25) is 5.41 Å². The number of phenolic OH excluding ortho intramolecular Hbond substituents is 1. The first kappa shape index (κ1) is 10.2. The van der Waals surface area contributed by atoms with Crippen molar-refractivity contribution in [3.8, 4) is 5.75 Å². The zero-order valence-electron chi connectivity index (χ0n) is 8.07. The minimum Gasteiger partial charge on any atom is -0.508 e. The van der Waals surface area contributed by atoms with Crippen molar-refractivity contribution in [3.05, 3.63) is 23.3 Å². The first-order chi connectivity index (χ1) is 6.50. The quantitative estimate of drug-likeness (QED) is 0.360. The van der Waals surface area contributed by atoms with Gasteiger partial charge in [0, 0.05) is 0 Å². The van der Waals surface area contributed by atoms with Crippen LogP contribution in [0.5, 0.6) is 5.75 Å². The van der Waals surface area contributed by atoms with Crippen LogP contribution in [0.1, 0.15) is 11.1 Å². The first-order valence-corrected chi connectivity index (χ1v) is 4.06. The van der Waals surface area contributed by atoms with E-state index in [-0.39, 0.29) is 11.7 Å². The average molecular weight is 192 g/mol. The highest BCUT2D eigenvalue weighted by Gasteiger charge is 2.02. The molecule has 1 rings (SSSR count). The molecule has 0 saturated carbocycles. The lowest BCUT2D eigenvalue weighted by Gasteiger charge is -2.02. The molecule has 0 aliphatic carbocycles. The number of hydrogen-bond acceptors (Lipinski definition) is 3. The summed E-state index contributed by atoms with van der Waals surface area (Å²) in [6, 6.07) is 3.29. The summed E-state index contributed by atoms with van der Waals surface area (Å²) in [4.78, 5) is 0. The van der Waals surface area contributed by atoms with E-state index in [4.69, 9.17) is 11.1 Å². The minimum absolute atomic E-state index is 0.226. The molecular formula is C9H12N4O. The highest BCUT2D eigenvalue weighted by Crippen LogP contribution is 2.27. The van der Waals surface area contributed by atoms with Gasteiger partial charge in [-0.15, -0.1) is 10.2 Å². The van der Waals surface area contributed by atoms with Gasteiger partial charge in [0.25, 0.3) is 0 Å². The zero-order chi connectivity index (χ0) is 10.7. The van der Waals surface area contributed by atoms with Gasteiger partial charge in [-0.1, -0.05) is 0 Å². The van der Waals surface area contributed by atoms with E-state index in [1.807, 2.05) is 0 Å². The number of nitrogens with two attached hydrogens (primary N) is 1. The molecule has 0 aliphatic rings. The molecule has 0 bridgehead atoms. The molecule has 5 nitrogen and oxygen atoms in total. The van der Waals surface area contributed by atoms with E-state index in [0.29, 0.717) is 11.3 Å². The Morgan fingerprint density at radius 1 is 1.36 bits per heavy atom. The summed E-state index contributed by atoms with van der Waals surface area (Å²) < 4.78 is 0. The largest absolute Gasteiger partial charge is 0.508 e. The Kier molecular flexibility index (Phi) is 2.81. The van der Waals surface area contributed by atoms with Crippen LogP contribution in [-0.4, -0.2) is 11.1 Å². The first-order valence-electron chi connectivity index (χ1n) is 4.06. The summed E-state index contributed by atoms with van der Waals surface area (Å²) in [5, 5.41) is 23.4. The molecule has 0 unspecified atom stereocenters. The summed E-state index contributed by atoms with van der Waals surface area (Å²) in [6.45, 7) is 3.56. The number of guanidine groups is 1. The Labute approximate surface area is 81.8 Å². The van der Waals surface area contributed by atoms with Gasteiger partial charge in [-0.05, 0) is 37.1 Å². The van der Waals surface area contributed by atoms with Gasteiger partial charge in [0.1, 0.15) is 5.75 Å². The topological polar surface area (TPSA) is 94.8 Å². The Hall–Kier alpha value is -1.91. The van der Waals surface area contributed by atoms with E-state index in [0.717, 1.165) is 5.56 Å². The van der Waals surface area contributed by atoms with Crippen LogP contribution in [0, 0.1) is 19.3 Å². The van der Waals surface area contributed by atoms with Crippen molar-refractivity contribution in [1.82, 2.24) is 0 Å². The minimum atomic E-state index is -0.338. The van der Waals surface area contributed by atoms with Gasteiger partial charge in [0.05, 0.1) is 5.69 Å². The Morgan fingerprint density at radius 2 is 2.00 bits per heavy atom. The second-order valence-electron chi connectivity index (χ2n) is 3.01. The maximum absolute atomic E-state index is 9.36. The highest BCUT2D eigenvalue weighted by molar-refractivity contribution is 5.75. The van der Waals surface area contributed by atoms with E-state index >= 15 is 0 Å². The van der Waals surface area contributed by atoms with Crippen LogP contribution in [0.3, 0.4) is 0 Å². The molecule has 0 heterocycles. The number of aromatic hydroxyl groups is 1. The van der Waals surface area contributed by atoms with Crippen molar-refractivity contribution < 1.29 is 5.11 Å². The lowest BCUT2D eigenvalue weighted by Crippen LogP contribution is -2.03. The predicted octanol–water partition coefficient (Wildman–Crippen LogP) is 1.99. The van der Waals surface area contributed by atoms with Gasteiger partial charge < -0.3 is 10.8 Å². The summed E-state index contributed by atoms with van der Waals surface area (Å²) in [7, 11) is 0. The lowest BCUT2D eigenvalue weighted by molar-refractivity contribution is 0.470. The fourth-order valence-corrected chi connectivity index (χ4v) is 1.00. The molecule has 14 heavy (non-hydrogen) atoms. The van der Waals surface area contributed by atoms with Crippen molar-refractivity contribution >= 4 is 11.6 Å². The average Bonchev–Trinajstić information content (AvgIpc) is 2.09. The third-order valence-electron chi connectivity index (χ3n) is 1.78. The van der Waals surface area contributed by atoms with Crippen molar-refractivity contribution in [2.75, 3.05) is 0 Å². The van der Waals surface area contributed by atoms with E-state index in [9.17, 15) is 5.11 Å². The molecule has 1 aromatic carbocycles. The number of nitrogens with one attached hydrogen (secondary N) is 1. The summed E-state index contributed by atoms with van der Waals surface area (Å²) in [6.07, 6.45) is 0. The molecule has 4 N–H and O–H groups in total. The van der Waals surface area contributed by atoms with E-state index in [1.165, 1.54) is 0 Å². The number of hydrogen-bond donors (Lipinski definition) is 3. The van der Waals surface area contributed by atoms with Crippen LogP contribution in [0.2, 0.25) is 0 Å². The third kappa shape index (κ3) is 2.29. The van der Waals surface area contributed by atoms with Gasteiger partial charge in [-0.25, -0.2) is 0 Å². The summed E-state index contributed by atoms with van der Waals surface area (Å²) in [5.41, 5.74) is 7.14. The van der Waals surface area contributed by atoms with Crippen LogP contribution in [0.4, 0.5) is 5.69 Å². The second kappa shape index (κ2) is 3.87. The third-order valence-corrected chi connectivity index (χ3v) is 1.78. The Balaban J connectivity index is 3.10. The van der Waals surface area contributed by atoms with Crippen LogP contribution >= 0.6 is 0 Å². The number of azo groups is 1.